The van der Waals surface area contributed by atoms with E-state index in [4.69, 9.17) is 16.3 Å². The lowest BCUT2D eigenvalue weighted by atomic mass is 10.3. The summed E-state index contributed by atoms with van der Waals surface area (Å²) in [6.45, 7) is 0.753. The number of halogens is 1. The van der Waals surface area contributed by atoms with Crippen molar-refractivity contribution in [2.24, 2.45) is 0 Å². The number of carbonyl (C=O) groups excluding carboxylic acids is 1. The summed E-state index contributed by atoms with van der Waals surface area (Å²) in [5.41, 5.74) is 0. The number of sulfone groups is 1. The minimum absolute atomic E-state index is 0.0402. The Labute approximate surface area is 139 Å². The zero-order valence-electron chi connectivity index (χ0n) is 12.0. The number of ether oxygens (including phenoxy) is 1. The fourth-order valence-electron chi connectivity index (χ4n) is 2.05. The third-order valence-corrected chi connectivity index (χ3v) is 6.65. The van der Waals surface area contributed by atoms with E-state index in [1.807, 2.05) is 0 Å². The Morgan fingerprint density at radius 2 is 2.27 bits per heavy atom. The maximum atomic E-state index is 11.7. The highest BCUT2D eigenvalue weighted by atomic mass is 35.5. The molecule has 0 bridgehead atoms. The fraction of sp³-hybridized carbons (Fsp3) is 0.500. The van der Waals surface area contributed by atoms with Gasteiger partial charge in [0.1, 0.15) is 12.4 Å². The predicted molar refractivity (Wildman–Crippen MR) is 89.5 cm³/mol. The molecule has 0 unspecified atom stereocenters. The Bertz CT molecular complexity index is 621. The molecule has 2 rings (SSSR count). The van der Waals surface area contributed by atoms with Crippen LogP contribution in [0.15, 0.2) is 24.3 Å². The Morgan fingerprint density at radius 1 is 1.45 bits per heavy atom. The van der Waals surface area contributed by atoms with Crippen LogP contribution in [0.2, 0.25) is 5.02 Å². The van der Waals surface area contributed by atoms with E-state index in [0.717, 1.165) is 0 Å². The molecule has 22 heavy (non-hydrogen) atoms. The van der Waals surface area contributed by atoms with Gasteiger partial charge in [0.2, 0.25) is 5.91 Å². The maximum absolute atomic E-state index is 11.7. The van der Waals surface area contributed by atoms with E-state index in [0.29, 0.717) is 30.3 Å². The van der Waals surface area contributed by atoms with E-state index >= 15 is 0 Å². The van der Waals surface area contributed by atoms with Crippen molar-refractivity contribution in [1.29, 1.82) is 0 Å². The number of carbonyl (C=O) groups is 1. The molecule has 122 valence electrons. The number of amides is 1. The molecule has 8 heteroatoms. The molecule has 1 aliphatic heterocycles. The van der Waals surface area contributed by atoms with Gasteiger partial charge in [-0.15, -0.1) is 11.8 Å². The number of nitrogens with one attached hydrogen (secondary N) is 1. The number of hydrogen-bond donors (Lipinski definition) is 1. The monoisotopic (exact) mass is 363 g/mol. The molecule has 0 saturated carbocycles. The van der Waals surface area contributed by atoms with Gasteiger partial charge in [-0.25, -0.2) is 8.42 Å². The molecule has 5 nitrogen and oxygen atoms in total. The van der Waals surface area contributed by atoms with Crippen LogP contribution >= 0.6 is 23.4 Å². The fourth-order valence-corrected chi connectivity index (χ4v) is 5.71. The number of thioether (sulfide) groups is 1. The molecule has 1 aromatic carbocycles. The van der Waals surface area contributed by atoms with Gasteiger partial charge in [0.05, 0.1) is 23.8 Å². The standard InChI is InChI=1S/C14H18ClNO4S2/c15-11-2-1-3-12(8-11)20-6-5-16-14(17)9-21-13-4-7-22(18,19)10-13/h1-3,8,13H,4-7,9-10H2,(H,16,17)/t13-/m0/s1. The summed E-state index contributed by atoms with van der Waals surface area (Å²) in [6.07, 6.45) is 0.637. The second kappa shape index (κ2) is 8.08. The van der Waals surface area contributed by atoms with Crippen LogP contribution in [0.1, 0.15) is 6.42 Å². The highest BCUT2D eigenvalue weighted by Crippen LogP contribution is 2.23. The summed E-state index contributed by atoms with van der Waals surface area (Å²) >= 11 is 7.24. The normalized spacial score (nSPS) is 19.8. The van der Waals surface area contributed by atoms with Crippen LogP contribution in [-0.4, -0.2) is 50.0 Å². The maximum Gasteiger partial charge on any atom is 0.230 e. The van der Waals surface area contributed by atoms with Gasteiger partial charge in [-0.2, -0.15) is 0 Å². The van der Waals surface area contributed by atoms with Crippen LogP contribution < -0.4 is 10.1 Å². The van der Waals surface area contributed by atoms with Gasteiger partial charge in [0, 0.05) is 10.3 Å². The van der Waals surface area contributed by atoms with Gasteiger partial charge in [-0.05, 0) is 24.6 Å². The molecule has 1 N–H and O–H groups in total. The minimum Gasteiger partial charge on any atom is -0.492 e. The molecule has 1 atom stereocenters. The van der Waals surface area contributed by atoms with Gasteiger partial charge in [0.15, 0.2) is 9.84 Å². The van der Waals surface area contributed by atoms with Crippen molar-refractivity contribution < 1.29 is 17.9 Å². The van der Waals surface area contributed by atoms with Gasteiger partial charge in [-0.3, -0.25) is 4.79 Å². The third-order valence-electron chi connectivity index (χ3n) is 3.13. The lowest BCUT2D eigenvalue weighted by Crippen LogP contribution is -2.30. The summed E-state index contributed by atoms with van der Waals surface area (Å²) in [4.78, 5) is 11.7. The molecule has 1 amide bonds. The summed E-state index contributed by atoms with van der Waals surface area (Å²) in [6, 6.07) is 7.06. The smallest absolute Gasteiger partial charge is 0.230 e. The second-order valence-electron chi connectivity index (χ2n) is 4.99. The SMILES string of the molecule is O=C(CS[C@H]1CCS(=O)(=O)C1)NCCOc1cccc(Cl)c1. The lowest BCUT2D eigenvalue weighted by molar-refractivity contribution is -0.118. The van der Waals surface area contributed by atoms with E-state index in [9.17, 15) is 13.2 Å². The van der Waals surface area contributed by atoms with E-state index in [1.165, 1.54) is 11.8 Å². The topological polar surface area (TPSA) is 72.5 Å². The summed E-state index contributed by atoms with van der Waals surface area (Å²) in [5, 5.41) is 3.39. The molecule has 0 spiro atoms. The number of benzene rings is 1. The van der Waals surface area contributed by atoms with Crippen LogP contribution in [0.5, 0.6) is 5.75 Å². The first-order valence-corrected chi connectivity index (χ1v) is 10.2. The largest absolute Gasteiger partial charge is 0.492 e. The zero-order valence-corrected chi connectivity index (χ0v) is 14.3. The third kappa shape index (κ3) is 6.06. The average molecular weight is 364 g/mol. The van der Waals surface area contributed by atoms with Crippen molar-refractivity contribution in [3.63, 3.8) is 0 Å². The van der Waals surface area contributed by atoms with Crippen molar-refractivity contribution in [2.75, 3.05) is 30.4 Å². The highest BCUT2D eigenvalue weighted by Gasteiger charge is 2.28. The van der Waals surface area contributed by atoms with Crippen molar-refractivity contribution in [1.82, 2.24) is 5.32 Å². The first kappa shape index (κ1) is 17.4. The average Bonchev–Trinajstić information content (AvgIpc) is 2.81. The molecule has 1 saturated heterocycles. The Morgan fingerprint density at radius 3 is 2.95 bits per heavy atom. The number of rotatable bonds is 7. The van der Waals surface area contributed by atoms with E-state index in [1.54, 1.807) is 24.3 Å². The van der Waals surface area contributed by atoms with Crippen molar-refractivity contribution >= 4 is 39.1 Å². The van der Waals surface area contributed by atoms with Crippen molar-refractivity contribution in [2.45, 2.75) is 11.7 Å². The zero-order chi connectivity index (χ0) is 16.0. The van der Waals surface area contributed by atoms with Gasteiger partial charge < -0.3 is 10.1 Å². The molecule has 1 aromatic rings. The molecule has 1 heterocycles. The summed E-state index contributed by atoms with van der Waals surface area (Å²) in [5.74, 6) is 1.25. The lowest BCUT2D eigenvalue weighted by Gasteiger charge is -2.09. The van der Waals surface area contributed by atoms with Gasteiger partial charge in [-0.1, -0.05) is 17.7 Å². The molecule has 1 fully saturated rings. The first-order chi connectivity index (χ1) is 10.4. The van der Waals surface area contributed by atoms with Gasteiger partial charge >= 0.3 is 0 Å². The Kier molecular flexibility index (Phi) is 6.40. The molecule has 0 aliphatic carbocycles. The van der Waals surface area contributed by atoms with E-state index in [2.05, 4.69) is 5.32 Å². The first-order valence-electron chi connectivity index (χ1n) is 6.92. The quantitative estimate of drug-likeness (QED) is 0.747. The van der Waals surface area contributed by atoms with Gasteiger partial charge in [0.25, 0.3) is 0 Å². The van der Waals surface area contributed by atoms with Crippen LogP contribution in [0.25, 0.3) is 0 Å². The van der Waals surface area contributed by atoms with Crippen LogP contribution in [-0.2, 0) is 14.6 Å². The van der Waals surface area contributed by atoms with E-state index < -0.39 is 9.84 Å². The summed E-state index contributed by atoms with van der Waals surface area (Å²) in [7, 11) is -2.88. The Hall–Kier alpha value is -0.920. The molecule has 1 aliphatic rings. The van der Waals surface area contributed by atoms with E-state index in [-0.39, 0.29) is 28.4 Å². The molecule has 0 radical (unpaired) electrons. The van der Waals surface area contributed by atoms with Crippen LogP contribution in [0.4, 0.5) is 0 Å². The van der Waals surface area contributed by atoms with Crippen LogP contribution in [0.3, 0.4) is 0 Å². The van der Waals surface area contributed by atoms with Crippen molar-refractivity contribution in [3.8, 4) is 5.75 Å². The second-order valence-corrected chi connectivity index (χ2v) is 8.95. The number of hydrogen-bond acceptors (Lipinski definition) is 5. The van der Waals surface area contributed by atoms with Crippen molar-refractivity contribution in [3.05, 3.63) is 29.3 Å². The molecule has 0 aromatic heterocycles. The summed E-state index contributed by atoms with van der Waals surface area (Å²) < 4.78 is 28.1. The van der Waals surface area contributed by atoms with Crippen LogP contribution in [0, 0.1) is 0 Å². The molecular weight excluding hydrogens is 346 g/mol. The predicted octanol–water partition coefficient (Wildman–Crippen LogP) is 1.76. The highest BCUT2D eigenvalue weighted by molar-refractivity contribution is 8.02. The molecular formula is C14H18ClNO4S2. The Balaban J connectivity index is 1.58. The minimum atomic E-state index is -2.88.